The second-order valence-corrected chi connectivity index (χ2v) is 4.98. The number of nitrogens with one attached hydrogen (secondary N) is 2. The van der Waals surface area contributed by atoms with Crippen LogP contribution >= 0.6 is 11.6 Å². The van der Waals surface area contributed by atoms with Crippen LogP contribution in [-0.2, 0) is 0 Å². The van der Waals surface area contributed by atoms with Gasteiger partial charge in [0.25, 0.3) is 5.91 Å². The molecule has 20 heavy (non-hydrogen) atoms. The van der Waals surface area contributed by atoms with Crippen LogP contribution in [0.3, 0.4) is 0 Å². The number of hydrogen-bond acceptors (Lipinski definition) is 4. The van der Waals surface area contributed by atoms with Gasteiger partial charge in [0.15, 0.2) is 0 Å². The molecule has 1 aromatic carbocycles. The molecule has 2 N–H and O–H groups in total. The fourth-order valence-electron chi connectivity index (χ4n) is 1.53. The summed E-state index contributed by atoms with van der Waals surface area (Å²) in [4.78, 5) is 20.0. The van der Waals surface area contributed by atoms with Crippen molar-refractivity contribution in [1.82, 2.24) is 15.3 Å². The molecule has 0 aliphatic heterocycles. The van der Waals surface area contributed by atoms with Crippen LogP contribution in [0.15, 0.2) is 36.7 Å². The van der Waals surface area contributed by atoms with E-state index in [-0.39, 0.29) is 11.9 Å². The molecule has 1 amide bonds. The van der Waals surface area contributed by atoms with Crippen molar-refractivity contribution in [2.24, 2.45) is 0 Å². The van der Waals surface area contributed by atoms with Gasteiger partial charge >= 0.3 is 0 Å². The third kappa shape index (κ3) is 3.93. The van der Waals surface area contributed by atoms with Gasteiger partial charge in [-0.3, -0.25) is 4.79 Å². The second kappa shape index (κ2) is 6.34. The molecule has 5 nitrogen and oxygen atoms in total. The highest BCUT2D eigenvalue weighted by Crippen LogP contribution is 2.16. The van der Waals surface area contributed by atoms with E-state index in [0.29, 0.717) is 16.5 Å². The molecule has 1 aromatic heterocycles. The maximum absolute atomic E-state index is 11.7. The topological polar surface area (TPSA) is 66.9 Å². The van der Waals surface area contributed by atoms with Crippen LogP contribution in [0.4, 0.5) is 11.5 Å². The quantitative estimate of drug-likeness (QED) is 0.908. The summed E-state index contributed by atoms with van der Waals surface area (Å²) in [5, 5.41) is 6.50. The first-order chi connectivity index (χ1) is 9.54. The van der Waals surface area contributed by atoms with Crippen LogP contribution in [0, 0.1) is 0 Å². The van der Waals surface area contributed by atoms with Crippen LogP contribution in [0.2, 0.25) is 5.02 Å². The molecule has 0 unspecified atom stereocenters. The minimum Gasteiger partial charge on any atom is -0.348 e. The van der Waals surface area contributed by atoms with Crippen molar-refractivity contribution in [3.8, 4) is 0 Å². The van der Waals surface area contributed by atoms with Gasteiger partial charge in [-0.1, -0.05) is 11.6 Å². The van der Waals surface area contributed by atoms with Crippen LogP contribution in [0.1, 0.15) is 24.3 Å². The van der Waals surface area contributed by atoms with Crippen molar-refractivity contribution in [1.29, 1.82) is 0 Å². The molecule has 0 radical (unpaired) electrons. The van der Waals surface area contributed by atoms with Crippen LogP contribution in [0.5, 0.6) is 0 Å². The summed E-state index contributed by atoms with van der Waals surface area (Å²) in [5.41, 5.74) is 1.14. The van der Waals surface area contributed by atoms with Crippen molar-refractivity contribution in [3.05, 3.63) is 47.4 Å². The Morgan fingerprint density at radius 2 is 1.85 bits per heavy atom. The van der Waals surface area contributed by atoms with E-state index in [4.69, 9.17) is 11.6 Å². The molecule has 0 saturated carbocycles. The summed E-state index contributed by atoms with van der Waals surface area (Å²) >= 11 is 5.81. The van der Waals surface area contributed by atoms with Crippen LogP contribution < -0.4 is 10.6 Å². The van der Waals surface area contributed by atoms with E-state index in [2.05, 4.69) is 20.6 Å². The molecule has 2 aromatic rings. The normalized spacial score (nSPS) is 10.4. The van der Waals surface area contributed by atoms with Gasteiger partial charge in [-0.05, 0) is 38.1 Å². The molecular formula is C14H15ClN4O. The molecule has 0 bridgehead atoms. The Labute approximate surface area is 122 Å². The predicted octanol–water partition coefficient (Wildman–Crippen LogP) is 3.01. The number of carbonyl (C=O) groups excluding carboxylic acids is 1. The van der Waals surface area contributed by atoms with Crippen molar-refractivity contribution >= 4 is 29.0 Å². The van der Waals surface area contributed by atoms with E-state index < -0.39 is 0 Å². The highest BCUT2D eigenvalue weighted by atomic mass is 35.5. The third-order valence-electron chi connectivity index (χ3n) is 2.42. The lowest BCUT2D eigenvalue weighted by Crippen LogP contribution is -2.30. The first-order valence-electron chi connectivity index (χ1n) is 6.20. The van der Waals surface area contributed by atoms with Gasteiger partial charge in [0, 0.05) is 16.8 Å². The summed E-state index contributed by atoms with van der Waals surface area (Å²) in [6.07, 6.45) is 2.96. The number of benzene rings is 1. The summed E-state index contributed by atoms with van der Waals surface area (Å²) in [6.45, 7) is 3.78. The van der Waals surface area contributed by atoms with Crippen molar-refractivity contribution in [3.63, 3.8) is 0 Å². The van der Waals surface area contributed by atoms with E-state index in [1.807, 2.05) is 26.0 Å². The number of hydrogen-bond donors (Lipinski definition) is 2. The van der Waals surface area contributed by atoms with Gasteiger partial charge in [-0.25, -0.2) is 9.97 Å². The first kappa shape index (κ1) is 14.3. The fraction of sp³-hybridized carbons (Fsp3) is 0.214. The van der Waals surface area contributed by atoms with E-state index in [1.54, 1.807) is 12.1 Å². The van der Waals surface area contributed by atoms with Gasteiger partial charge < -0.3 is 10.6 Å². The van der Waals surface area contributed by atoms with E-state index in [1.165, 1.54) is 12.4 Å². The van der Waals surface area contributed by atoms with Gasteiger partial charge in [0.1, 0.15) is 11.5 Å². The minimum atomic E-state index is -0.231. The Morgan fingerprint density at radius 3 is 2.40 bits per heavy atom. The molecule has 1 heterocycles. The lowest BCUT2D eigenvalue weighted by Gasteiger charge is -2.08. The Hall–Kier alpha value is -2.14. The number of anilines is 2. The maximum Gasteiger partial charge on any atom is 0.271 e. The molecule has 0 aliphatic rings. The summed E-state index contributed by atoms with van der Waals surface area (Å²) in [6, 6.07) is 7.30. The fourth-order valence-corrected chi connectivity index (χ4v) is 1.65. The molecule has 0 spiro atoms. The first-order valence-corrected chi connectivity index (χ1v) is 6.58. The van der Waals surface area contributed by atoms with Crippen LogP contribution in [0.25, 0.3) is 0 Å². The summed E-state index contributed by atoms with van der Waals surface area (Å²) < 4.78 is 0. The zero-order chi connectivity index (χ0) is 14.5. The van der Waals surface area contributed by atoms with Gasteiger partial charge in [0.2, 0.25) is 0 Å². The number of halogens is 1. The molecule has 6 heteroatoms. The monoisotopic (exact) mass is 290 g/mol. The Kier molecular flexibility index (Phi) is 4.53. The summed E-state index contributed by atoms with van der Waals surface area (Å²) in [7, 11) is 0. The number of amides is 1. The van der Waals surface area contributed by atoms with Crippen molar-refractivity contribution in [2.45, 2.75) is 19.9 Å². The lowest BCUT2D eigenvalue weighted by molar-refractivity contribution is 0.0937. The predicted molar refractivity (Wildman–Crippen MR) is 79.4 cm³/mol. The molecule has 104 valence electrons. The second-order valence-electron chi connectivity index (χ2n) is 4.55. The van der Waals surface area contributed by atoms with Gasteiger partial charge in [-0.15, -0.1) is 0 Å². The molecule has 2 rings (SSSR count). The average molecular weight is 291 g/mol. The van der Waals surface area contributed by atoms with Gasteiger partial charge in [0.05, 0.1) is 12.4 Å². The largest absolute Gasteiger partial charge is 0.348 e. The van der Waals surface area contributed by atoms with E-state index >= 15 is 0 Å². The van der Waals surface area contributed by atoms with Crippen molar-refractivity contribution < 1.29 is 4.79 Å². The van der Waals surface area contributed by atoms with Crippen molar-refractivity contribution in [2.75, 3.05) is 5.32 Å². The van der Waals surface area contributed by atoms with Gasteiger partial charge in [-0.2, -0.15) is 0 Å². The Bertz CT molecular complexity index is 581. The highest BCUT2D eigenvalue weighted by molar-refractivity contribution is 6.30. The molecule has 0 aliphatic carbocycles. The third-order valence-corrected chi connectivity index (χ3v) is 2.67. The molecule has 0 atom stereocenters. The number of nitrogens with zero attached hydrogens (tertiary/aromatic N) is 2. The van der Waals surface area contributed by atoms with Crippen LogP contribution in [-0.4, -0.2) is 21.9 Å². The highest BCUT2D eigenvalue weighted by Gasteiger charge is 2.08. The Morgan fingerprint density at radius 1 is 1.15 bits per heavy atom. The lowest BCUT2D eigenvalue weighted by atomic mass is 10.3. The maximum atomic E-state index is 11.7. The zero-order valence-electron chi connectivity index (χ0n) is 11.2. The SMILES string of the molecule is CC(C)NC(=O)c1cnc(Nc2ccc(Cl)cc2)cn1. The summed E-state index contributed by atoms with van der Waals surface area (Å²) in [5.74, 6) is 0.332. The Balaban J connectivity index is 2.04. The minimum absolute atomic E-state index is 0.0659. The molecular weight excluding hydrogens is 276 g/mol. The average Bonchev–Trinajstić information content (AvgIpc) is 2.41. The van der Waals surface area contributed by atoms with E-state index in [0.717, 1.165) is 5.69 Å². The number of carbonyl (C=O) groups is 1. The standard InChI is InChI=1S/C14H15ClN4O/c1-9(2)18-14(20)12-7-17-13(8-16-12)19-11-5-3-10(15)4-6-11/h3-9H,1-2H3,(H,17,19)(H,18,20). The zero-order valence-corrected chi connectivity index (χ0v) is 12.0. The smallest absolute Gasteiger partial charge is 0.271 e. The van der Waals surface area contributed by atoms with E-state index in [9.17, 15) is 4.79 Å². The molecule has 0 fully saturated rings. The number of rotatable bonds is 4. The number of aromatic nitrogens is 2. The molecule has 0 saturated heterocycles.